The summed E-state index contributed by atoms with van der Waals surface area (Å²) in [5.74, 6) is 1.04. The van der Waals surface area contributed by atoms with Crippen LogP contribution < -0.4 is 5.32 Å². The highest BCUT2D eigenvalue weighted by Gasteiger charge is 2.18. The largest absolute Gasteiger partial charge is 0.366 e. The molecule has 4 heteroatoms. The Hall–Kier alpha value is -0.360. The molecular formula is C12H18IN3. The molecule has 1 aliphatic rings. The van der Waals surface area contributed by atoms with Crippen LogP contribution >= 0.6 is 22.6 Å². The van der Waals surface area contributed by atoms with Crippen molar-refractivity contribution in [1.29, 1.82) is 0 Å². The summed E-state index contributed by atoms with van der Waals surface area (Å²) in [5, 5.41) is 3.55. The van der Waals surface area contributed by atoms with Crippen LogP contribution in [0.5, 0.6) is 0 Å². The molecule has 0 radical (unpaired) electrons. The summed E-state index contributed by atoms with van der Waals surface area (Å²) in [5.41, 5.74) is 0. The first kappa shape index (κ1) is 12.1. The van der Waals surface area contributed by atoms with Crippen molar-refractivity contribution >= 4 is 28.4 Å². The summed E-state index contributed by atoms with van der Waals surface area (Å²) >= 11 is 2.33. The highest BCUT2D eigenvalue weighted by Crippen LogP contribution is 2.19. The van der Waals surface area contributed by atoms with Crippen LogP contribution in [0.25, 0.3) is 0 Å². The van der Waals surface area contributed by atoms with Gasteiger partial charge in [0, 0.05) is 25.3 Å². The van der Waals surface area contributed by atoms with Crippen LogP contribution in [-0.4, -0.2) is 35.6 Å². The summed E-state index contributed by atoms with van der Waals surface area (Å²) in [7, 11) is 0. The number of piperidine rings is 1. The number of pyridine rings is 1. The van der Waals surface area contributed by atoms with Gasteiger partial charge in [0.2, 0.25) is 0 Å². The molecule has 0 unspecified atom stereocenters. The molecule has 0 bridgehead atoms. The number of nitrogens with zero attached hydrogens (tertiary/aromatic N) is 2. The van der Waals surface area contributed by atoms with Gasteiger partial charge in [0.05, 0.1) is 3.57 Å². The molecule has 0 spiro atoms. The second kappa shape index (κ2) is 5.82. The van der Waals surface area contributed by atoms with E-state index in [0.29, 0.717) is 6.04 Å². The quantitative estimate of drug-likeness (QED) is 0.863. The van der Waals surface area contributed by atoms with E-state index in [1.165, 1.54) is 36.0 Å². The summed E-state index contributed by atoms with van der Waals surface area (Å²) in [6, 6.07) is 4.66. The van der Waals surface area contributed by atoms with Crippen LogP contribution in [0.4, 0.5) is 5.82 Å². The molecule has 0 saturated carbocycles. The maximum atomic E-state index is 4.38. The molecule has 2 heterocycles. The first-order valence-electron chi connectivity index (χ1n) is 5.89. The average Bonchev–Trinajstić information content (AvgIpc) is 2.33. The molecule has 1 aliphatic heterocycles. The number of hydrogen-bond acceptors (Lipinski definition) is 3. The molecule has 16 heavy (non-hydrogen) atoms. The normalized spacial score (nSPS) is 18.6. The highest BCUT2D eigenvalue weighted by atomic mass is 127. The minimum Gasteiger partial charge on any atom is -0.366 e. The molecule has 0 aliphatic carbocycles. The maximum Gasteiger partial charge on any atom is 0.139 e. The van der Waals surface area contributed by atoms with E-state index in [-0.39, 0.29) is 0 Å². The van der Waals surface area contributed by atoms with E-state index in [4.69, 9.17) is 0 Å². The fourth-order valence-electron chi connectivity index (χ4n) is 2.08. The molecule has 3 nitrogen and oxygen atoms in total. The predicted octanol–water partition coefficient (Wildman–Crippen LogP) is 2.58. The van der Waals surface area contributed by atoms with Crippen molar-refractivity contribution in [2.24, 2.45) is 0 Å². The van der Waals surface area contributed by atoms with Crippen LogP contribution in [0.2, 0.25) is 0 Å². The molecule has 0 aromatic carbocycles. The summed E-state index contributed by atoms with van der Waals surface area (Å²) in [6.07, 6.45) is 4.30. The van der Waals surface area contributed by atoms with Crippen molar-refractivity contribution in [3.63, 3.8) is 0 Å². The topological polar surface area (TPSA) is 28.2 Å². The number of aromatic nitrogens is 1. The van der Waals surface area contributed by atoms with E-state index in [2.05, 4.69) is 50.8 Å². The lowest BCUT2D eigenvalue weighted by Gasteiger charge is -2.31. The lowest BCUT2D eigenvalue weighted by molar-refractivity contribution is 0.229. The Morgan fingerprint density at radius 3 is 2.88 bits per heavy atom. The van der Waals surface area contributed by atoms with Crippen molar-refractivity contribution in [3.05, 3.63) is 21.9 Å². The summed E-state index contributed by atoms with van der Waals surface area (Å²) in [6.45, 7) is 5.82. The molecular weight excluding hydrogens is 313 g/mol. The lowest BCUT2D eigenvalue weighted by Crippen LogP contribution is -2.39. The number of hydrogen-bond donors (Lipinski definition) is 1. The van der Waals surface area contributed by atoms with E-state index in [9.17, 15) is 0 Å². The monoisotopic (exact) mass is 331 g/mol. The zero-order valence-electron chi connectivity index (χ0n) is 9.62. The first-order valence-corrected chi connectivity index (χ1v) is 6.97. The SMILES string of the molecule is CCN1CCC(Nc2ncccc2I)CC1. The Bertz CT molecular complexity index is 335. The van der Waals surface area contributed by atoms with Gasteiger partial charge in [0.25, 0.3) is 0 Å². The molecule has 1 N–H and O–H groups in total. The Labute approximate surface area is 111 Å². The molecule has 88 valence electrons. The zero-order valence-corrected chi connectivity index (χ0v) is 11.8. The fraction of sp³-hybridized carbons (Fsp3) is 0.583. The maximum absolute atomic E-state index is 4.38. The van der Waals surface area contributed by atoms with Crippen LogP contribution in [-0.2, 0) is 0 Å². The molecule has 1 aromatic heterocycles. The third-order valence-electron chi connectivity index (χ3n) is 3.13. The molecule has 1 fully saturated rings. The van der Waals surface area contributed by atoms with Crippen LogP contribution in [0.3, 0.4) is 0 Å². The second-order valence-corrected chi connectivity index (χ2v) is 5.35. The Kier molecular flexibility index (Phi) is 4.40. The van der Waals surface area contributed by atoms with Gasteiger partial charge in [-0.1, -0.05) is 6.92 Å². The fourth-order valence-corrected chi connectivity index (χ4v) is 2.58. The van der Waals surface area contributed by atoms with Gasteiger partial charge in [0.1, 0.15) is 5.82 Å². The first-order chi connectivity index (χ1) is 7.79. The average molecular weight is 331 g/mol. The van der Waals surface area contributed by atoms with Gasteiger partial charge in [-0.15, -0.1) is 0 Å². The van der Waals surface area contributed by atoms with Crippen molar-refractivity contribution < 1.29 is 0 Å². The molecule has 1 saturated heterocycles. The van der Waals surface area contributed by atoms with Gasteiger partial charge in [0.15, 0.2) is 0 Å². The lowest BCUT2D eigenvalue weighted by atomic mass is 10.1. The number of halogens is 1. The van der Waals surface area contributed by atoms with Gasteiger partial charge in [-0.2, -0.15) is 0 Å². The van der Waals surface area contributed by atoms with E-state index in [1.807, 2.05) is 12.3 Å². The standard InChI is InChI=1S/C12H18IN3/c1-2-16-8-5-10(6-9-16)15-12-11(13)4-3-7-14-12/h3-4,7,10H,2,5-6,8-9H2,1H3,(H,14,15). The van der Waals surface area contributed by atoms with Gasteiger partial charge >= 0.3 is 0 Å². The van der Waals surface area contributed by atoms with Crippen molar-refractivity contribution in [2.45, 2.75) is 25.8 Å². The van der Waals surface area contributed by atoms with Crippen LogP contribution in [0, 0.1) is 3.57 Å². The molecule has 2 rings (SSSR count). The molecule has 0 atom stereocenters. The van der Waals surface area contributed by atoms with Crippen molar-refractivity contribution in [3.8, 4) is 0 Å². The molecule has 0 amide bonds. The smallest absolute Gasteiger partial charge is 0.139 e. The second-order valence-electron chi connectivity index (χ2n) is 4.19. The third kappa shape index (κ3) is 3.07. The number of nitrogens with one attached hydrogen (secondary N) is 1. The Morgan fingerprint density at radius 2 is 2.25 bits per heavy atom. The highest BCUT2D eigenvalue weighted by molar-refractivity contribution is 14.1. The minimum atomic E-state index is 0.589. The minimum absolute atomic E-state index is 0.589. The van der Waals surface area contributed by atoms with E-state index >= 15 is 0 Å². The number of likely N-dealkylation sites (tertiary alicyclic amines) is 1. The van der Waals surface area contributed by atoms with Gasteiger partial charge < -0.3 is 10.2 Å². The third-order valence-corrected chi connectivity index (χ3v) is 4.00. The van der Waals surface area contributed by atoms with Crippen molar-refractivity contribution in [2.75, 3.05) is 25.0 Å². The molecule has 1 aromatic rings. The van der Waals surface area contributed by atoms with E-state index in [1.54, 1.807) is 0 Å². The van der Waals surface area contributed by atoms with Gasteiger partial charge in [-0.25, -0.2) is 4.98 Å². The summed E-state index contributed by atoms with van der Waals surface area (Å²) < 4.78 is 1.21. The van der Waals surface area contributed by atoms with Crippen LogP contribution in [0.15, 0.2) is 18.3 Å². The number of anilines is 1. The van der Waals surface area contributed by atoms with Gasteiger partial charge in [-0.05, 0) is 54.1 Å². The zero-order chi connectivity index (χ0) is 11.4. The summed E-state index contributed by atoms with van der Waals surface area (Å²) in [4.78, 5) is 6.88. The van der Waals surface area contributed by atoms with E-state index < -0.39 is 0 Å². The number of rotatable bonds is 3. The van der Waals surface area contributed by atoms with Gasteiger partial charge in [-0.3, -0.25) is 0 Å². The van der Waals surface area contributed by atoms with Crippen LogP contribution in [0.1, 0.15) is 19.8 Å². The Morgan fingerprint density at radius 1 is 1.50 bits per heavy atom. The van der Waals surface area contributed by atoms with Crippen molar-refractivity contribution in [1.82, 2.24) is 9.88 Å². The predicted molar refractivity (Wildman–Crippen MR) is 75.7 cm³/mol. The van der Waals surface area contributed by atoms with E-state index in [0.717, 1.165) is 5.82 Å². The Balaban J connectivity index is 1.89.